The van der Waals surface area contributed by atoms with Crippen LogP contribution in [0.15, 0.2) is 60.7 Å². The number of nitrogens with zero attached hydrogens (tertiary/aromatic N) is 1. The smallest absolute Gasteiger partial charge is 0.315 e. The van der Waals surface area contributed by atoms with Gasteiger partial charge in [0.25, 0.3) is 0 Å². The molecule has 1 heterocycles. The zero-order chi connectivity index (χ0) is 41.4. The van der Waals surface area contributed by atoms with Crippen LogP contribution in [0.4, 0.5) is 4.79 Å². The zero-order valence-corrected chi connectivity index (χ0v) is 35.7. The van der Waals surface area contributed by atoms with Crippen LogP contribution in [0.25, 0.3) is 0 Å². The number of nitrogens with one attached hydrogen (secondary N) is 3. The van der Waals surface area contributed by atoms with Crippen molar-refractivity contribution in [3.8, 4) is 0 Å². The monoisotopic (exact) mass is 773 g/mol. The largest absolute Gasteiger partial charge is 0.331 e. The van der Waals surface area contributed by atoms with Crippen molar-refractivity contribution in [3.05, 3.63) is 71.8 Å². The molecule has 0 aromatic heterocycles. The van der Waals surface area contributed by atoms with Crippen LogP contribution in [0.2, 0.25) is 0 Å². The summed E-state index contributed by atoms with van der Waals surface area (Å²) in [4.78, 5) is 55.7. The van der Waals surface area contributed by atoms with Crippen molar-refractivity contribution in [2.75, 3.05) is 32.4 Å². The maximum atomic E-state index is 12.8. The second-order valence-corrected chi connectivity index (χ2v) is 15.7. The summed E-state index contributed by atoms with van der Waals surface area (Å²) in [7, 11) is 0.826. The Morgan fingerprint density at radius 1 is 0.889 bits per heavy atom. The molecular weight excluding hydrogens is 701 g/mol. The summed E-state index contributed by atoms with van der Waals surface area (Å²) in [5, 5.41) is 8.63. The molecule has 1 aliphatic carbocycles. The fourth-order valence-electron chi connectivity index (χ4n) is 5.18. The molecule has 306 valence electrons. The molecule has 2 aromatic carbocycles. The molecule has 0 radical (unpaired) electrons. The van der Waals surface area contributed by atoms with Gasteiger partial charge in [-0.25, -0.2) is 4.79 Å². The lowest BCUT2D eigenvalue weighted by Crippen LogP contribution is -2.47. The fourth-order valence-corrected chi connectivity index (χ4v) is 6.51. The summed E-state index contributed by atoms with van der Waals surface area (Å²) in [5.74, 6) is 1.74. The van der Waals surface area contributed by atoms with Gasteiger partial charge in [0.2, 0.25) is 5.91 Å². The average molecular weight is 773 g/mol. The van der Waals surface area contributed by atoms with Crippen molar-refractivity contribution in [1.82, 2.24) is 20.9 Å². The van der Waals surface area contributed by atoms with Crippen molar-refractivity contribution in [2.24, 2.45) is 17.3 Å². The van der Waals surface area contributed by atoms with Gasteiger partial charge in [0.05, 0.1) is 18.6 Å². The fraction of sp³-hybridized carbons (Fsp3) is 0.605. The van der Waals surface area contributed by atoms with Crippen LogP contribution in [-0.2, 0) is 35.7 Å². The van der Waals surface area contributed by atoms with Crippen molar-refractivity contribution >= 4 is 41.6 Å². The number of aldehydes is 3. The minimum Gasteiger partial charge on any atom is -0.331 e. The number of rotatable bonds is 14. The normalized spacial score (nSPS) is 16.7. The van der Waals surface area contributed by atoms with E-state index >= 15 is 0 Å². The molecule has 10 nitrogen and oxygen atoms in total. The maximum absolute atomic E-state index is 12.8. The van der Waals surface area contributed by atoms with Gasteiger partial charge in [0.1, 0.15) is 6.29 Å². The van der Waals surface area contributed by atoms with Gasteiger partial charge < -0.3 is 25.6 Å². The summed E-state index contributed by atoms with van der Waals surface area (Å²) in [6.07, 6.45) is 8.62. The van der Waals surface area contributed by atoms with Gasteiger partial charge in [-0.1, -0.05) is 149 Å². The molecule has 2 aromatic rings. The van der Waals surface area contributed by atoms with Crippen LogP contribution in [0.3, 0.4) is 0 Å². The van der Waals surface area contributed by atoms with Gasteiger partial charge in [-0.15, -0.1) is 0 Å². The van der Waals surface area contributed by atoms with E-state index in [-0.39, 0.29) is 30.8 Å². The third-order valence-electron chi connectivity index (χ3n) is 8.00. The van der Waals surface area contributed by atoms with Crippen LogP contribution in [0.1, 0.15) is 118 Å². The van der Waals surface area contributed by atoms with E-state index in [9.17, 15) is 18.6 Å². The lowest BCUT2D eigenvalue weighted by molar-refractivity contribution is -0.133. The Morgan fingerprint density at radius 2 is 1.43 bits per heavy atom. The minimum absolute atomic E-state index is 0.193. The lowest BCUT2D eigenvalue weighted by atomic mass is 9.83. The Bertz CT molecular complexity index is 1270. The molecule has 3 unspecified atom stereocenters. The standard InChI is InChI=1S/C25H31N3O4S.C7H15N.C5H12.C2H2O2.2C2H6/c1-2-19-13-22(16-29)28(15-19)24(30)14-26-25(31)27-23(21-11-7-4-8-12-21)18-33(32)17-20-9-5-3-6-10-20;1-8-6-5-7-3-2-4-7;1-5(2,3)4;3-1-2-4;2*1-2/h3-12,16,19,22-23H,2,13-15,17-18H2,1H3,(H2,26,27,31);7-8H,2-6H2,1H3;1-4H3;1-2H;2*1-2H3/t19?,22?,23-,33?;;;;;/m1...../s1. The van der Waals surface area contributed by atoms with Crippen molar-refractivity contribution in [2.45, 2.75) is 119 Å². The number of carbonyl (C=O) groups is 5. The molecule has 1 saturated carbocycles. The van der Waals surface area contributed by atoms with E-state index in [1.165, 1.54) is 32.2 Å². The van der Waals surface area contributed by atoms with Crippen LogP contribution in [0, 0.1) is 17.3 Å². The van der Waals surface area contributed by atoms with Crippen LogP contribution in [0.5, 0.6) is 0 Å². The maximum Gasteiger partial charge on any atom is 0.315 e. The Kier molecular flexibility index (Phi) is 31.7. The molecule has 11 heteroatoms. The first-order valence-electron chi connectivity index (χ1n) is 19.6. The predicted octanol–water partition coefficient (Wildman–Crippen LogP) is 7.69. The summed E-state index contributed by atoms with van der Waals surface area (Å²) >= 11 is 0. The van der Waals surface area contributed by atoms with Crippen LogP contribution < -0.4 is 16.0 Å². The highest BCUT2D eigenvalue weighted by Gasteiger charge is 2.34. The van der Waals surface area contributed by atoms with E-state index in [0.29, 0.717) is 30.1 Å². The molecule has 0 bridgehead atoms. The third kappa shape index (κ3) is 26.1. The molecule has 3 amide bonds. The third-order valence-corrected chi connectivity index (χ3v) is 9.36. The van der Waals surface area contributed by atoms with Gasteiger partial charge in [0, 0.05) is 28.9 Å². The van der Waals surface area contributed by atoms with Crippen molar-refractivity contribution in [1.29, 1.82) is 0 Å². The highest BCUT2D eigenvalue weighted by molar-refractivity contribution is 7.84. The second kappa shape index (κ2) is 32.7. The number of amides is 3. The first-order chi connectivity index (χ1) is 25.8. The second-order valence-electron chi connectivity index (χ2n) is 14.2. The molecule has 2 fully saturated rings. The minimum atomic E-state index is -1.20. The highest BCUT2D eigenvalue weighted by atomic mass is 32.2. The summed E-state index contributed by atoms with van der Waals surface area (Å²) in [6, 6.07) is 17.5. The van der Waals surface area contributed by atoms with E-state index in [1.54, 1.807) is 4.90 Å². The Morgan fingerprint density at radius 3 is 1.87 bits per heavy atom. The molecule has 1 aliphatic heterocycles. The molecule has 4 rings (SSSR count). The Hall–Kier alpha value is -3.70. The average Bonchev–Trinajstić information content (AvgIpc) is 3.59. The highest BCUT2D eigenvalue weighted by Crippen LogP contribution is 2.28. The molecule has 2 aliphatic rings. The quantitative estimate of drug-likeness (QED) is 0.132. The van der Waals surface area contributed by atoms with Crippen molar-refractivity contribution < 1.29 is 28.2 Å². The number of likely N-dealkylation sites (tertiary alicyclic amines) is 1. The van der Waals surface area contributed by atoms with Gasteiger partial charge in [0.15, 0.2) is 12.6 Å². The topological polar surface area (TPSA) is 142 Å². The van der Waals surface area contributed by atoms with Crippen LogP contribution >= 0.6 is 0 Å². The first-order valence-corrected chi connectivity index (χ1v) is 21.1. The zero-order valence-electron chi connectivity index (χ0n) is 34.9. The first kappa shape index (κ1) is 52.4. The van der Waals surface area contributed by atoms with E-state index in [1.807, 2.05) is 102 Å². The number of benzene rings is 2. The molecule has 0 spiro atoms. The summed E-state index contributed by atoms with van der Waals surface area (Å²) < 4.78 is 12.8. The number of carbonyl (C=O) groups excluding carboxylic acids is 5. The van der Waals surface area contributed by atoms with E-state index in [2.05, 4.69) is 43.6 Å². The lowest BCUT2D eigenvalue weighted by Gasteiger charge is -2.24. The summed E-state index contributed by atoms with van der Waals surface area (Å²) in [6.45, 7) is 20.3. The SMILES string of the molecule is CC.CC.CC(C)(C)C.CCC1CC(C=O)N(C(=O)CNC(=O)N[C@H](CS(=O)Cc2ccccc2)c2ccccc2)C1.CNCCC1CCC1.O=CC=O. The van der Waals surface area contributed by atoms with Crippen molar-refractivity contribution in [3.63, 3.8) is 0 Å². The van der Waals surface area contributed by atoms with E-state index < -0.39 is 28.9 Å². The van der Waals surface area contributed by atoms with Gasteiger partial charge in [-0.3, -0.25) is 18.6 Å². The predicted molar refractivity (Wildman–Crippen MR) is 225 cm³/mol. The molecular formula is C43H72N4O6S. The van der Waals surface area contributed by atoms with E-state index in [4.69, 9.17) is 9.59 Å². The Balaban J connectivity index is 0. The molecule has 3 N–H and O–H groups in total. The van der Waals surface area contributed by atoms with Gasteiger partial charge in [-0.2, -0.15) is 0 Å². The summed E-state index contributed by atoms with van der Waals surface area (Å²) in [5.41, 5.74) is 2.31. The van der Waals surface area contributed by atoms with Gasteiger partial charge >= 0.3 is 6.03 Å². The number of hydrogen-bond acceptors (Lipinski definition) is 7. The molecule has 54 heavy (non-hydrogen) atoms. The number of urea groups is 1. The van der Waals surface area contributed by atoms with Crippen LogP contribution in [-0.4, -0.2) is 78.4 Å². The number of hydrogen-bond donors (Lipinski definition) is 3. The van der Waals surface area contributed by atoms with E-state index in [0.717, 1.165) is 29.8 Å². The molecule has 1 saturated heterocycles. The van der Waals surface area contributed by atoms with Gasteiger partial charge in [-0.05, 0) is 54.8 Å². The molecule has 4 atom stereocenters. The Labute approximate surface area is 329 Å².